The molecule has 2 heteroatoms. The summed E-state index contributed by atoms with van der Waals surface area (Å²) in [7, 11) is 0. The molecule has 11 heavy (non-hydrogen) atoms. The van der Waals surface area contributed by atoms with Gasteiger partial charge in [0.25, 0.3) is 0 Å². The molecular weight excluding hydrogens is 141 g/mol. The summed E-state index contributed by atoms with van der Waals surface area (Å²) in [5.74, 6) is -0.130. The molecule has 1 rings (SSSR count). The van der Waals surface area contributed by atoms with Crippen LogP contribution in [0.2, 0.25) is 0 Å². The SMILES string of the molecule is Cc1cc(F)c(C(C)(C)C)[nH]1. The van der Waals surface area contributed by atoms with Crippen LogP contribution < -0.4 is 0 Å². The predicted octanol–water partition coefficient (Wildman–Crippen LogP) is 2.76. The Morgan fingerprint density at radius 1 is 1.36 bits per heavy atom. The van der Waals surface area contributed by atoms with Crippen LogP contribution in [0.15, 0.2) is 6.07 Å². The monoisotopic (exact) mass is 155 g/mol. The largest absolute Gasteiger partial charge is 0.360 e. The number of aryl methyl sites for hydroxylation is 1. The minimum absolute atomic E-state index is 0.127. The summed E-state index contributed by atoms with van der Waals surface area (Å²) in [6, 6.07) is 1.53. The number of hydrogen-bond donors (Lipinski definition) is 1. The van der Waals surface area contributed by atoms with Gasteiger partial charge in [-0.2, -0.15) is 0 Å². The summed E-state index contributed by atoms with van der Waals surface area (Å²) in [6.45, 7) is 7.82. The molecule has 0 radical (unpaired) electrons. The van der Waals surface area contributed by atoms with Crippen molar-refractivity contribution in [2.75, 3.05) is 0 Å². The van der Waals surface area contributed by atoms with Crippen LogP contribution in [-0.4, -0.2) is 4.98 Å². The Bertz CT molecular complexity index is 255. The van der Waals surface area contributed by atoms with Gasteiger partial charge in [0.05, 0.1) is 5.69 Å². The zero-order valence-corrected chi connectivity index (χ0v) is 7.46. The van der Waals surface area contributed by atoms with Crippen molar-refractivity contribution in [3.63, 3.8) is 0 Å². The first kappa shape index (κ1) is 8.31. The molecule has 0 aliphatic rings. The van der Waals surface area contributed by atoms with Crippen LogP contribution in [0, 0.1) is 12.7 Å². The minimum Gasteiger partial charge on any atom is -0.360 e. The first-order chi connectivity index (χ1) is 4.91. The minimum atomic E-state index is -0.130. The van der Waals surface area contributed by atoms with E-state index in [1.807, 2.05) is 27.7 Å². The molecule has 0 aliphatic heterocycles. The molecule has 1 aromatic rings. The summed E-state index contributed by atoms with van der Waals surface area (Å²) in [4.78, 5) is 3.01. The van der Waals surface area contributed by atoms with Crippen molar-refractivity contribution in [3.05, 3.63) is 23.3 Å². The molecule has 0 atom stereocenters. The number of aromatic nitrogens is 1. The van der Waals surface area contributed by atoms with Crippen molar-refractivity contribution in [2.45, 2.75) is 33.1 Å². The fraction of sp³-hybridized carbons (Fsp3) is 0.556. The zero-order chi connectivity index (χ0) is 8.65. The third-order valence-electron chi connectivity index (χ3n) is 1.65. The number of halogens is 1. The van der Waals surface area contributed by atoms with Crippen LogP contribution >= 0.6 is 0 Å². The van der Waals surface area contributed by atoms with E-state index in [1.165, 1.54) is 6.07 Å². The van der Waals surface area contributed by atoms with Gasteiger partial charge in [0.15, 0.2) is 0 Å². The van der Waals surface area contributed by atoms with Crippen molar-refractivity contribution in [2.24, 2.45) is 0 Å². The maximum atomic E-state index is 13.1. The molecule has 0 aliphatic carbocycles. The lowest BCUT2D eigenvalue weighted by molar-refractivity contribution is 0.513. The maximum Gasteiger partial charge on any atom is 0.144 e. The highest BCUT2D eigenvalue weighted by Gasteiger charge is 2.19. The lowest BCUT2D eigenvalue weighted by Crippen LogP contribution is -2.13. The van der Waals surface area contributed by atoms with Gasteiger partial charge in [0.2, 0.25) is 0 Å². The molecule has 0 bridgehead atoms. The fourth-order valence-corrected chi connectivity index (χ4v) is 1.10. The van der Waals surface area contributed by atoms with E-state index in [2.05, 4.69) is 4.98 Å². The Labute approximate surface area is 66.6 Å². The van der Waals surface area contributed by atoms with Crippen LogP contribution in [0.1, 0.15) is 32.2 Å². The molecule has 0 saturated heterocycles. The third kappa shape index (κ3) is 1.62. The van der Waals surface area contributed by atoms with Gasteiger partial charge in [-0.25, -0.2) is 4.39 Å². The number of hydrogen-bond acceptors (Lipinski definition) is 0. The Balaban J connectivity index is 3.13. The summed E-state index contributed by atoms with van der Waals surface area (Å²) in [6.07, 6.45) is 0. The van der Waals surface area contributed by atoms with Gasteiger partial charge in [0, 0.05) is 11.1 Å². The number of aromatic amines is 1. The molecule has 0 unspecified atom stereocenters. The summed E-state index contributed by atoms with van der Waals surface area (Å²) in [5, 5.41) is 0. The first-order valence-electron chi connectivity index (χ1n) is 3.77. The van der Waals surface area contributed by atoms with Crippen LogP contribution in [0.3, 0.4) is 0 Å². The highest BCUT2D eigenvalue weighted by molar-refractivity contribution is 5.20. The average molecular weight is 155 g/mol. The van der Waals surface area contributed by atoms with E-state index in [1.54, 1.807) is 0 Å². The molecule has 62 valence electrons. The van der Waals surface area contributed by atoms with Gasteiger partial charge in [0.1, 0.15) is 5.82 Å². The Hall–Kier alpha value is -0.790. The molecule has 0 aromatic carbocycles. The second kappa shape index (κ2) is 2.36. The maximum absolute atomic E-state index is 13.1. The molecule has 0 amide bonds. The second-order valence-electron chi connectivity index (χ2n) is 3.93. The van der Waals surface area contributed by atoms with Crippen molar-refractivity contribution < 1.29 is 4.39 Å². The first-order valence-corrected chi connectivity index (χ1v) is 3.77. The Morgan fingerprint density at radius 3 is 2.09 bits per heavy atom. The molecule has 1 heterocycles. The highest BCUT2D eigenvalue weighted by Crippen LogP contribution is 2.24. The van der Waals surface area contributed by atoms with Gasteiger partial charge < -0.3 is 4.98 Å². The molecule has 1 nitrogen and oxygen atoms in total. The van der Waals surface area contributed by atoms with Crippen molar-refractivity contribution in [3.8, 4) is 0 Å². The summed E-state index contributed by atoms with van der Waals surface area (Å²) >= 11 is 0. The van der Waals surface area contributed by atoms with Gasteiger partial charge in [-0.05, 0) is 13.0 Å². The van der Waals surface area contributed by atoms with E-state index < -0.39 is 0 Å². The van der Waals surface area contributed by atoms with Crippen LogP contribution in [0.25, 0.3) is 0 Å². The molecule has 1 aromatic heterocycles. The van der Waals surface area contributed by atoms with Gasteiger partial charge in [-0.1, -0.05) is 20.8 Å². The number of nitrogens with one attached hydrogen (secondary N) is 1. The van der Waals surface area contributed by atoms with Crippen molar-refractivity contribution in [1.82, 2.24) is 4.98 Å². The van der Waals surface area contributed by atoms with Gasteiger partial charge in [-0.15, -0.1) is 0 Å². The van der Waals surface area contributed by atoms with E-state index in [4.69, 9.17) is 0 Å². The molecule has 1 N–H and O–H groups in total. The third-order valence-corrected chi connectivity index (χ3v) is 1.65. The van der Waals surface area contributed by atoms with E-state index >= 15 is 0 Å². The summed E-state index contributed by atoms with van der Waals surface area (Å²) < 4.78 is 13.1. The zero-order valence-electron chi connectivity index (χ0n) is 7.46. The van der Waals surface area contributed by atoms with Gasteiger partial charge >= 0.3 is 0 Å². The van der Waals surface area contributed by atoms with E-state index in [-0.39, 0.29) is 11.2 Å². The summed E-state index contributed by atoms with van der Waals surface area (Å²) in [5.41, 5.74) is 1.45. The molecule has 0 spiro atoms. The van der Waals surface area contributed by atoms with Crippen molar-refractivity contribution in [1.29, 1.82) is 0 Å². The lowest BCUT2D eigenvalue weighted by atomic mass is 9.92. The van der Waals surface area contributed by atoms with Gasteiger partial charge in [-0.3, -0.25) is 0 Å². The van der Waals surface area contributed by atoms with Crippen LogP contribution in [0.4, 0.5) is 4.39 Å². The van der Waals surface area contributed by atoms with Crippen LogP contribution in [0.5, 0.6) is 0 Å². The smallest absolute Gasteiger partial charge is 0.144 e. The fourth-order valence-electron chi connectivity index (χ4n) is 1.10. The van der Waals surface area contributed by atoms with Crippen molar-refractivity contribution >= 4 is 0 Å². The van der Waals surface area contributed by atoms with Crippen LogP contribution in [-0.2, 0) is 5.41 Å². The van der Waals surface area contributed by atoms with E-state index in [9.17, 15) is 4.39 Å². The quantitative estimate of drug-likeness (QED) is 0.593. The second-order valence-corrected chi connectivity index (χ2v) is 3.93. The predicted molar refractivity (Wildman–Crippen MR) is 44.2 cm³/mol. The standard InChI is InChI=1S/C9H14FN/c1-6-5-7(10)8(11-6)9(2,3)4/h5,11H,1-4H3. The molecule has 0 fully saturated rings. The topological polar surface area (TPSA) is 15.8 Å². The lowest BCUT2D eigenvalue weighted by Gasteiger charge is -2.16. The average Bonchev–Trinajstić information content (AvgIpc) is 2.08. The molecule has 0 saturated carbocycles. The highest BCUT2D eigenvalue weighted by atomic mass is 19.1. The molecular formula is C9H14FN. The van der Waals surface area contributed by atoms with E-state index in [0.717, 1.165) is 5.69 Å². The normalized spacial score (nSPS) is 12.1. The number of H-pyrrole nitrogens is 1. The van der Waals surface area contributed by atoms with E-state index in [0.29, 0.717) is 5.69 Å². The number of rotatable bonds is 0. The Kier molecular flexibility index (Phi) is 1.78. The Morgan fingerprint density at radius 2 is 1.91 bits per heavy atom.